The SMILES string of the molecule is CCCCCCCCCCCCCCCC/C=C/C(O)C(CO)NC(=O)CCCCCCC/C=C\CCCCCCCCCOC(=O)CCCCCCCCCCCCCCCCCCCC. The molecule has 3 N–H and O–H groups in total. The van der Waals surface area contributed by atoms with Gasteiger partial charge in [-0.1, -0.05) is 282 Å². The highest BCUT2D eigenvalue weighted by Gasteiger charge is 2.18. The first-order valence-electron chi connectivity index (χ1n) is 30.1. The Bertz CT molecular complexity index is 1040. The topological polar surface area (TPSA) is 95.9 Å². The molecule has 0 rings (SSSR count). The molecule has 6 nitrogen and oxygen atoms in total. The van der Waals surface area contributed by atoms with E-state index in [9.17, 15) is 19.8 Å². The van der Waals surface area contributed by atoms with Crippen LogP contribution in [0.1, 0.15) is 328 Å². The van der Waals surface area contributed by atoms with Crippen molar-refractivity contribution in [2.75, 3.05) is 13.2 Å². The van der Waals surface area contributed by atoms with Gasteiger partial charge in [0.15, 0.2) is 0 Å². The number of esters is 1. The lowest BCUT2D eigenvalue weighted by Gasteiger charge is -2.20. The Morgan fingerprint density at radius 2 is 0.701 bits per heavy atom. The van der Waals surface area contributed by atoms with E-state index < -0.39 is 12.1 Å². The zero-order valence-electron chi connectivity index (χ0n) is 45.1. The summed E-state index contributed by atoms with van der Waals surface area (Å²) in [6.07, 6.45) is 69.2. The molecule has 67 heavy (non-hydrogen) atoms. The van der Waals surface area contributed by atoms with Crippen LogP contribution in [-0.2, 0) is 14.3 Å². The minimum Gasteiger partial charge on any atom is -0.466 e. The number of carbonyl (C=O) groups excluding carboxylic acids is 2. The number of rotatable bonds is 56. The number of hydrogen-bond acceptors (Lipinski definition) is 5. The molecule has 0 radical (unpaired) electrons. The van der Waals surface area contributed by atoms with Crippen LogP contribution in [0.15, 0.2) is 24.3 Å². The first-order chi connectivity index (χ1) is 33.0. The van der Waals surface area contributed by atoms with Crippen molar-refractivity contribution in [1.29, 1.82) is 0 Å². The van der Waals surface area contributed by atoms with Crippen molar-refractivity contribution >= 4 is 11.9 Å². The van der Waals surface area contributed by atoms with E-state index >= 15 is 0 Å². The molecule has 0 fully saturated rings. The van der Waals surface area contributed by atoms with Gasteiger partial charge in [0.2, 0.25) is 5.91 Å². The van der Waals surface area contributed by atoms with Gasteiger partial charge < -0.3 is 20.3 Å². The molecule has 0 saturated carbocycles. The number of aliphatic hydroxyl groups excluding tert-OH is 2. The molecule has 396 valence electrons. The highest BCUT2D eigenvalue weighted by molar-refractivity contribution is 5.76. The molecule has 6 heteroatoms. The number of allylic oxidation sites excluding steroid dienone is 3. The number of ether oxygens (including phenoxy) is 1. The number of nitrogens with one attached hydrogen (secondary N) is 1. The Kier molecular flexibility index (Phi) is 55.5. The summed E-state index contributed by atoms with van der Waals surface area (Å²) in [5.41, 5.74) is 0. The maximum Gasteiger partial charge on any atom is 0.305 e. The van der Waals surface area contributed by atoms with Gasteiger partial charge in [0.25, 0.3) is 0 Å². The third kappa shape index (κ3) is 53.5. The molecule has 0 aliphatic heterocycles. The van der Waals surface area contributed by atoms with Gasteiger partial charge >= 0.3 is 5.97 Å². The average Bonchev–Trinajstić information content (AvgIpc) is 3.33. The summed E-state index contributed by atoms with van der Waals surface area (Å²) < 4.78 is 5.49. The van der Waals surface area contributed by atoms with Crippen LogP contribution >= 0.6 is 0 Å². The van der Waals surface area contributed by atoms with E-state index in [1.807, 2.05) is 6.08 Å². The average molecular weight is 945 g/mol. The smallest absolute Gasteiger partial charge is 0.305 e. The second-order valence-electron chi connectivity index (χ2n) is 20.7. The Balaban J connectivity index is 3.46. The van der Waals surface area contributed by atoms with E-state index in [-0.39, 0.29) is 18.5 Å². The van der Waals surface area contributed by atoms with Crippen molar-refractivity contribution in [2.24, 2.45) is 0 Å². The molecular weight excluding hydrogens is 827 g/mol. The van der Waals surface area contributed by atoms with Gasteiger partial charge in [-0.3, -0.25) is 9.59 Å². The summed E-state index contributed by atoms with van der Waals surface area (Å²) in [6.45, 7) is 4.90. The fourth-order valence-corrected chi connectivity index (χ4v) is 9.34. The maximum absolute atomic E-state index is 12.5. The Labute approximate surface area is 418 Å². The van der Waals surface area contributed by atoms with Crippen molar-refractivity contribution < 1.29 is 24.5 Å². The Hall–Kier alpha value is -1.66. The molecule has 0 aromatic heterocycles. The van der Waals surface area contributed by atoms with Crippen LogP contribution in [0.25, 0.3) is 0 Å². The molecule has 0 aliphatic rings. The summed E-state index contributed by atoms with van der Waals surface area (Å²) in [6, 6.07) is -0.640. The largest absolute Gasteiger partial charge is 0.466 e. The molecule has 1 amide bonds. The minimum absolute atomic E-state index is 0.000816. The van der Waals surface area contributed by atoms with Crippen LogP contribution in [0.3, 0.4) is 0 Å². The highest BCUT2D eigenvalue weighted by atomic mass is 16.5. The molecular formula is C61H117NO5. The molecule has 0 spiro atoms. The minimum atomic E-state index is -0.855. The molecule has 0 aliphatic carbocycles. The third-order valence-electron chi connectivity index (χ3n) is 14.0. The molecule has 2 atom stereocenters. The fraction of sp³-hybridized carbons (Fsp3) is 0.902. The van der Waals surface area contributed by atoms with Gasteiger partial charge in [-0.05, 0) is 57.8 Å². The van der Waals surface area contributed by atoms with E-state index in [0.29, 0.717) is 19.4 Å². The van der Waals surface area contributed by atoms with Gasteiger partial charge in [-0.25, -0.2) is 0 Å². The van der Waals surface area contributed by atoms with Gasteiger partial charge in [-0.2, -0.15) is 0 Å². The molecule has 0 heterocycles. The predicted molar refractivity (Wildman–Crippen MR) is 292 cm³/mol. The standard InChI is InChI=1S/C61H117NO5/c1-3-5-7-9-11-13-15-17-19-21-22-27-31-35-39-43-47-51-55-61(66)67-56-52-48-44-40-36-32-28-24-23-26-30-34-38-42-46-50-54-60(65)62-58(57-63)59(64)53-49-45-41-37-33-29-25-20-18-16-14-12-10-8-6-4-2/h23,26,49,53,58-59,63-64H,3-22,24-25,27-48,50-52,54-57H2,1-2H3,(H,62,65)/b26-23-,53-49+. The number of aliphatic hydroxyl groups is 2. The maximum atomic E-state index is 12.5. The second kappa shape index (κ2) is 56.9. The first kappa shape index (κ1) is 65.3. The molecule has 0 aromatic carbocycles. The quantitative estimate of drug-likeness (QED) is 0.0321. The first-order valence-corrected chi connectivity index (χ1v) is 30.1. The molecule has 0 bridgehead atoms. The van der Waals surface area contributed by atoms with E-state index in [1.54, 1.807) is 6.08 Å². The van der Waals surface area contributed by atoms with E-state index in [0.717, 1.165) is 64.2 Å². The van der Waals surface area contributed by atoms with Crippen LogP contribution in [0.2, 0.25) is 0 Å². The van der Waals surface area contributed by atoms with Crippen molar-refractivity contribution in [3.8, 4) is 0 Å². The van der Waals surface area contributed by atoms with Gasteiger partial charge in [0.1, 0.15) is 0 Å². The monoisotopic (exact) mass is 944 g/mol. The lowest BCUT2D eigenvalue weighted by atomic mass is 10.0. The highest BCUT2D eigenvalue weighted by Crippen LogP contribution is 2.17. The van der Waals surface area contributed by atoms with Gasteiger partial charge in [0.05, 0.1) is 25.4 Å². The predicted octanol–water partition coefficient (Wildman–Crippen LogP) is 18.6. The summed E-state index contributed by atoms with van der Waals surface area (Å²) in [5.74, 6) is -0.0824. The van der Waals surface area contributed by atoms with Crippen LogP contribution in [0.4, 0.5) is 0 Å². The second-order valence-corrected chi connectivity index (χ2v) is 20.7. The molecule has 0 aromatic rings. The third-order valence-corrected chi connectivity index (χ3v) is 14.0. The number of unbranched alkanes of at least 4 members (excludes halogenated alkanes) is 43. The summed E-state index contributed by atoms with van der Waals surface area (Å²) >= 11 is 0. The molecule has 2 unspecified atom stereocenters. The van der Waals surface area contributed by atoms with Crippen LogP contribution < -0.4 is 5.32 Å². The van der Waals surface area contributed by atoms with Gasteiger partial charge in [-0.15, -0.1) is 0 Å². The van der Waals surface area contributed by atoms with E-state index in [2.05, 4.69) is 31.3 Å². The fourth-order valence-electron chi connectivity index (χ4n) is 9.34. The van der Waals surface area contributed by atoms with Crippen molar-refractivity contribution in [1.82, 2.24) is 5.32 Å². The normalized spacial score (nSPS) is 12.7. The zero-order chi connectivity index (χ0) is 48.6. The number of amides is 1. The molecule has 0 saturated heterocycles. The van der Waals surface area contributed by atoms with Crippen molar-refractivity contribution in [2.45, 2.75) is 341 Å². The van der Waals surface area contributed by atoms with E-state index in [4.69, 9.17) is 4.74 Å². The Morgan fingerprint density at radius 3 is 1.06 bits per heavy atom. The van der Waals surface area contributed by atoms with Crippen LogP contribution in [0, 0.1) is 0 Å². The summed E-state index contributed by atoms with van der Waals surface area (Å²) in [7, 11) is 0. The lowest BCUT2D eigenvalue weighted by Crippen LogP contribution is -2.45. The number of carbonyl (C=O) groups is 2. The van der Waals surface area contributed by atoms with Crippen LogP contribution in [0.5, 0.6) is 0 Å². The summed E-state index contributed by atoms with van der Waals surface area (Å²) in [5, 5.41) is 23.1. The van der Waals surface area contributed by atoms with Crippen molar-refractivity contribution in [3.63, 3.8) is 0 Å². The number of hydrogen-bond donors (Lipinski definition) is 3. The van der Waals surface area contributed by atoms with Gasteiger partial charge in [0, 0.05) is 12.8 Å². The lowest BCUT2D eigenvalue weighted by molar-refractivity contribution is -0.143. The summed E-state index contributed by atoms with van der Waals surface area (Å²) in [4.78, 5) is 24.5. The van der Waals surface area contributed by atoms with Crippen LogP contribution in [-0.4, -0.2) is 47.4 Å². The zero-order valence-corrected chi connectivity index (χ0v) is 45.1. The van der Waals surface area contributed by atoms with E-state index in [1.165, 1.54) is 238 Å². The Morgan fingerprint density at radius 1 is 0.403 bits per heavy atom. The van der Waals surface area contributed by atoms with Crippen molar-refractivity contribution in [3.05, 3.63) is 24.3 Å².